The van der Waals surface area contributed by atoms with E-state index >= 15 is 0 Å². The maximum atomic E-state index is 12.5. The van der Waals surface area contributed by atoms with Crippen molar-refractivity contribution in [1.82, 2.24) is 0 Å². The maximum absolute atomic E-state index is 12.5. The second-order valence-electron chi connectivity index (χ2n) is 6.40. The van der Waals surface area contributed by atoms with Crippen LogP contribution in [0.5, 0.6) is 0 Å². The molecule has 0 aromatic heterocycles. The van der Waals surface area contributed by atoms with Crippen LogP contribution in [0.2, 0.25) is 0 Å². The molecule has 1 aromatic carbocycles. The molecule has 2 aliphatic carbocycles. The Labute approximate surface area is 131 Å². The summed E-state index contributed by atoms with van der Waals surface area (Å²) in [6.45, 7) is 2.26. The lowest BCUT2D eigenvalue weighted by molar-refractivity contribution is -0.158. The van der Waals surface area contributed by atoms with E-state index in [0.29, 0.717) is 5.25 Å². The van der Waals surface area contributed by atoms with Crippen LogP contribution in [0.25, 0.3) is 0 Å². The van der Waals surface area contributed by atoms with Crippen molar-refractivity contribution in [3.8, 4) is 0 Å². The van der Waals surface area contributed by atoms with Gasteiger partial charge >= 0.3 is 5.97 Å². The van der Waals surface area contributed by atoms with Gasteiger partial charge in [-0.2, -0.15) is 0 Å². The third kappa shape index (κ3) is 2.12. The normalized spacial score (nSPS) is 34.7. The fraction of sp³-hybridized carbons (Fsp3) is 0.611. The van der Waals surface area contributed by atoms with Crippen LogP contribution >= 0.6 is 11.8 Å². The Balaban J connectivity index is 1.92. The predicted molar refractivity (Wildman–Crippen MR) is 86.3 cm³/mol. The van der Waals surface area contributed by atoms with Crippen LogP contribution < -0.4 is 0 Å². The Morgan fingerprint density at radius 2 is 2.05 bits per heavy atom. The summed E-state index contributed by atoms with van der Waals surface area (Å²) in [4.78, 5) is 13.9. The highest BCUT2D eigenvalue weighted by atomic mass is 32.2. The molecule has 2 aliphatic rings. The Hall–Kier alpha value is -0.960. The zero-order chi connectivity index (χ0) is 14.9. The zero-order valence-electron chi connectivity index (χ0n) is 12.9. The lowest BCUT2D eigenvalue weighted by Crippen LogP contribution is -2.44. The smallest absolute Gasteiger partial charge is 0.312 e. The van der Waals surface area contributed by atoms with Crippen molar-refractivity contribution in [2.75, 3.05) is 7.11 Å². The van der Waals surface area contributed by atoms with Crippen LogP contribution in [0.3, 0.4) is 0 Å². The SMILES string of the molecule is CC[C@@]12CCC[C@]1(C(=O)OC)CC[C@@H]2Sc1ccccc1. The van der Waals surface area contributed by atoms with E-state index < -0.39 is 0 Å². The summed E-state index contributed by atoms with van der Waals surface area (Å²) < 4.78 is 5.22. The molecule has 0 heterocycles. The maximum Gasteiger partial charge on any atom is 0.312 e. The molecular formula is C18H24O2S. The second kappa shape index (κ2) is 5.68. The summed E-state index contributed by atoms with van der Waals surface area (Å²) in [7, 11) is 1.55. The molecule has 3 atom stereocenters. The Morgan fingerprint density at radius 1 is 1.29 bits per heavy atom. The van der Waals surface area contributed by atoms with E-state index in [1.165, 1.54) is 11.3 Å². The number of fused-ring (bicyclic) bond motifs is 1. The molecule has 2 fully saturated rings. The van der Waals surface area contributed by atoms with Gasteiger partial charge in [0.1, 0.15) is 0 Å². The summed E-state index contributed by atoms with van der Waals surface area (Å²) in [5, 5.41) is 0.534. The number of ether oxygens (including phenoxy) is 1. The summed E-state index contributed by atoms with van der Waals surface area (Å²) in [5.41, 5.74) is -0.0937. The molecule has 3 heteroatoms. The first-order chi connectivity index (χ1) is 10.2. The fourth-order valence-corrected chi connectivity index (χ4v) is 6.49. The fourth-order valence-electron chi connectivity index (χ4n) is 4.87. The Kier molecular flexibility index (Phi) is 4.04. The molecule has 2 nitrogen and oxygen atoms in total. The van der Waals surface area contributed by atoms with Gasteiger partial charge in [-0.15, -0.1) is 11.8 Å². The lowest BCUT2D eigenvalue weighted by Gasteiger charge is -2.41. The number of carbonyl (C=O) groups excluding carboxylic acids is 1. The molecule has 0 saturated heterocycles. The van der Waals surface area contributed by atoms with Crippen molar-refractivity contribution in [2.24, 2.45) is 10.8 Å². The Morgan fingerprint density at radius 3 is 2.71 bits per heavy atom. The topological polar surface area (TPSA) is 26.3 Å². The largest absolute Gasteiger partial charge is 0.469 e. The standard InChI is InChI=1S/C18H24O2S/c1-3-17-11-7-12-18(17,16(19)20-2)13-10-15(17)21-14-8-5-4-6-9-14/h4-6,8-9,15H,3,7,10-13H2,1-2H3/t15-,17-,18+/m0/s1. The first kappa shape index (κ1) is 15.0. The van der Waals surface area contributed by atoms with Crippen LogP contribution in [-0.4, -0.2) is 18.3 Å². The number of rotatable bonds is 4. The van der Waals surface area contributed by atoms with Crippen LogP contribution in [0, 0.1) is 10.8 Å². The number of benzene rings is 1. The molecule has 3 rings (SSSR count). The van der Waals surface area contributed by atoms with Crippen molar-refractivity contribution in [3.63, 3.8) is 0 Å². The van der Waals surface area contributed by atoms with Gasteiger partial charge in [-0.1, -0.05) is 31.5 Å². The molecule has 21 heavy (non-hydrogen) atoms. The Bertz CT molecular complexity index is 515. The number of hydrogen-bond acceptors (Lipinski definition) is 3. The van der Waals surface area contributed by atoms with E-state index in [4.69, 9.17) is 4.74 Å². The minimum Gasteiger partial charge on any atom is -0.469 e. The van der Waals surface area contributed by atoms with E-state index in [0.717, 1.165) is 32.1 Å². The highest BCUT2D eigenvalue weighted by molar-refractivity contribution is 8.00. The first-order valence-corrected chi connectivity index (χ1v) is 8.86. The van der Waals surface area contributed by atoms with Gasteiger partial charge in [-0.3, -0.25) is 4.79 Å². The molecule has 0 amide bonds. The predicted octanol–water partition coefficient (Wildman–Crippen LogP) is 4.68. The van der Waals surface area contributed by atoms with Gasteiger partial charge in [0.2, 0.25) is 0 Å². The molecule has 0 spiro atoms. The van der Waals surface area contributed by atoms with Gasteiger partial charge in [0.15, 0.2) is 0 Å². The van der Waals surface area contributed by atoms with E-state index in [2.05, 4.69) is 37.3 Å². The summed E-state index contributed by atoms with van der Waals surface area (Å²) >= 11 is 1.97. The lowest BCUT2D eigenvalue weighted by atomic mass is 9.66. The van der Waals surface area contributed by atoms with Crippen LogP contribution in [0.1, 0.15) is 45.4 Å². The molecule has 1 aromatic rings. The van der Waals surface area contributed by atoms with Gasteiger partial charge in [0.05, 0.1) is 12.5 Å². The van der Waals surface area contributed by atoms with Gasteiger partial charge in [-0.25, -0.2) is 0 Å². The minimum absolute atomic E-state index is 0.0398. The molecule has 0 unspecified atom stereocenters. The van der Waals surface area contributed by atoms with Crippen molar-refractivity contribution in [2.45, 2.75) is 55.6 Å². The third-order valence-corrected chi connectivity index (χ3v) is 7.37. The number of methoxy groups -OCH3 is 1. The van der Waals surface area contributed by atoms with E-state index in [1.54, 1.807) is 7.11 Å². The zero-order valence-corrected chi connectivity index (χ0v) is 13.7. The molecule has 0 N–H and O–H groups in total. The number of esters is 1. The molecule has 2 saturated carbocycles. The average Bonchev–Trinajstić information content (AvgIpc) is 3.04. The van der Waals surface area contributed by atoms with Crippen molar-refractivity contribution >= 4 is 17.7 Å². The van der Waals surface area contributed by atoms with E-state index in [9.17, 15) is 4.79 Å². The molecule has 0 aliphatic heterocycles. The second-order valence-corrected chi connectivity index (χ2v) is 7.67. The van der Waals surface area contributed by atoms with Gasteiger partial charge in [-0.05, 0) is 49.7 Å². The first-order valence-electron chi connectivity index (χ1n) is 7.99. The molecule has 0 radical (unpaired) electrons. The summed E-state index contributed by atoms with van der Waals surface area (Å²) in [6, 6.07) is 10.6. The average molecular weight is 304 g/mol. The van der Waals surface area contributed by atoms with Crippen LogP contribution in [0.15, 0.2) is 35.2 Å². The summed E-state index contributed by atoms with van der Waals surface area (Å²) in [6.07, 6.45) is 6.55. The minimum atomic E-state index is -0.219. The van der Waals surface area contributed by atoms with E-state index in [1.807, 2.05) is 11.8 Å². The third-order valence-electron chi connectivity index (χ3n) is 5.86. The van der Waals surface area contributed by atoms with Crippen LogP contribution in [0.4, 0.5) is 0 Å². The van der Waals surface area contributed by atoms with Crippen molar-refractivity contribution < 1.29 is 9.53 Å². The summed E-state index contributed by atoms with van der Waals surface area (Å²) in [5.74, 6) is 0.0398. The highest BCUT2D eigenvalue weighted by Gasteiger charge is 2.65. The molecule has 114 valence electrons. The van der Waals surface area contributed by atoms with Gasteiger partial charge < -0.3 is 4.74 Å². The monoisotopic (exact) mass is 304 g/mol. The van der Waals surface area contributed by atoms with Gasteiger partial charge in [0.25, 0.3) is 0 Å². The molecular weight excluding hydrogens is 280 g/mol. The number of thioether (sulfide) groups is 1. The molecule has 0 bridgehead atoms. The number of carbonyl (C=O) groups is 1. The highest BCUT2D eigenvalue weighted by Crippen LogP contribution is 2.68. The quantitative estimate of drug-likeness (QED) is 0.755. The van der Waals surface area contributed by atoms with Crippen LogP contribution in [-0.2, 0) is 9.53 Å². The number of hydrogen-bond donors (Lipinski definition) is 0. The van der Waals surface area contributed by atoms with Gasteiger partial charge in [0, 0.05) is 10.1 Å². The van der Waals surface area contributed by atoms with E-state index in [-0.39, 0.29) is 16.8 Å². The van der Waals surface area contributed by atoms with Crippen molar-refractivity contribution in [1.29, 1.82) is 0 Å². The van der Waals surface area contributed by atoms with Crippen molar-refractivity contribution in [3.05, 3.63) is 30.3 Å².